The molecule has 0 saturated carbocycles. The number of aromatic nitrogens is 2. The van der Waals surface area contributed by atoms with E-state index in [1.807, 2.05) is 0 Å². The average Bonchev–Trinajstić information content (AvgIpc) is 3.19. The lowest BCUT2D eigenvalue weighted by molar-refractivity contribution is -0.157. The Morgan fingerprint density at radius 2 is 1.46 bits per heavy atom. The highest BCUT2D eigenvalue weighted by Gasteiger charge is 2.59. The van der Waals surface area contributed by atoms with Crippen LogP contribution in [0.3, 0.4) is 0 Å². The van der Waals surface area contributed by atoms with Crippen LogP contribution in [0.25, 0.3) is 0 Å². The van der Waals surface area contributed by atoms with E-state index in [0.29, 0.717) is 0 Å². The molecule has 0 bridgehead atoms. The van der Waals surface area contributed by atoms with Crippen molar-refractivity contribution in [2.24, 2.45) is 0 Å². The number of ether oxygens (including phenoxy) is 4. The van der Waals surface area contributed by atoms with Gasteiger partial charge in [0.15, 0.2) is 17.9 Å². The Morgan fingerprint density at radius 1 is 0.949 bits per heavy atom. The van der Waals surface area contributed by atoms with Crippen LogP contribution in [-0.2, 0) is 23.7 Å². The van der Waals surface area contributed by atoms with Crippen molar-refractivity contribution in [3.8, 4) is 0 Å². The van der Waals surface area contributed by atoms with Crippen molar-refractivity contribution in [1.82, 2.24) is 9.55 Å². The van der Waals surface area contributed by atoms with Gasteiger partial charge in [0.05, 0.1) is 11.1 Å². The number of hydrogen-bond donors (Lipinski definition) is 2. The number of aryl methyl sites for hydroxylation is 1. The molecule has 0 amide bonds. The van der Waals surface area contributed by atoms with Crippen molar-refractivity contribution in [2.45, 2.75) is 37.9 Å². The molecular weight excluding hydrogens is 512 g/mol. The van der Waals surface area contributed by atoms with Gasteiger partial charge in [0, 0.05) is 18.7 Å². The summed E-state index contributed by atoms with van der Waals surface area (Å²) in [5.74, 6) is -2.32. The molecule has 0 spiro atoms. The number of H-pyrrole nitrogens is 1. The third kappa shape index (κ3) is 5.97. The molecule has 1 aromatic heterocycles. The summed E-state index contributed by atoms with van der Waals surface area (Å²) >= 11 is 0. The van der Waals surface area contributed by atoms with Crippen LogP contribution in [0.2, 0.25) is 0 Å². The van der Waals surface area contributed by atoms with Gasteiger partial charge in [0.2, 0.25) is 0 Å². The van der Waals surface area contributed by atoms with Gasteiger partial charge >= 0.3 is 23.6 Å². The van der Waals surface area contributed by atoms with Crippen molar-refractivity contribution >= 4 is 17.9 Å². The Bertz CT molecular complexity index is 1410. The van der Waals surface area contributed by atoms with Crippen molar-refractivity contribution in [1.29, 1.82) is 0 Å². The van der Waals surface area contributed by atoms with E-state index in [1.165, 1.54) is 37.4 Å². The molecular formula is C27H26N2O10. The quantitative estimate of drug-likeness (QED) is 0.314. The molecule has 1 saturated heterocycles. The molecule has 0 aliphatic carbocycles. The van der Waals surface area contributed by atoms with Gasteiger partial charge in [-0.2, -0.15) is 0 Å². The zero-order chi connectivity index (χ0) is 28.2. The summed E-state index contributed by atoms with van der Waals surface area (Å²) in [6, 6.07) is 16.0. The van der Waals surface area contributed by atoms with Crippen molar-refractivity contribution in [3.05, 3.63) is 104 Å². The number of nitrogens with one attached hydrogen (secondary N) is 1. The molecule has 12 nitrogen and oxygen atoms in total. The van der Waals surface area contributed by atoms with Gasteiger partial charge in [-0.25, -0.2) is 14.4 Å². The molecule has 3 aromatic rings. The summed E-state index contributed by atoms with van der Waals surface area (Å²) < 4.78 is 23.2. The number of benzene rings is 2. The topological polar surface area (TPSA) is 163 Å². The van der Waals surface area contributed by atoms with E-state index >= 15 is 0 Å². The molecule has 1 aliphatic heterocycles. The van der Waals surface area contributed by atoms with E-state index < -0.39 is 66.4 Å². The Balaban J connectivity index is 1.70. The van der Waals surface area contributed by atoms with E-state index in [4.69, 9.17) is 18.9 Å². The predicted octanol–water partition coefficient (Wildman–Crippen LogP) is 1.12. The van der Waals surface area contributed by atoms with Gasteiger partial charge < -0.3 is 24.1 Å². The highest BCUT2D eigenvalue weighted by Crippen LogP contribution is 2.39. The number of esters is 3. The first-order valence-electron chi connectivity index (χ1n) is 11.9. The van der Waals surface area contributed by atoms with Gasteiger partial charge in [-0.3, -0.25) is 19.1 Å². The molecule has 12 heteroatoms. The largest absolute Gasteiger partial charge is 0.459 e. The Hall–Kier alpha value is -4.55. The van der Waals surface area contributed by atoms with Crippen LogP contribution in [0.1, 0.15) is 39.4 Å². The number of hydrogen-bond acceptors (Lipinski definition) is 10. The number of carbonyl (C=O) groups excluding carboxylic acids is 3. The van der Waals surface area contributed by atoms with E-state index in [1.54, 1.807) is 36.4 Å². The molecule has 1 fully saturated rings. The van der Waals surface area contributed by atoms with Gasteiger partial charge in [-0.1, -0.05) is 36.4 Å². The molecule has 2 heterocycles. The van der Waals surface area contributed by atoms with Gasteiger partial charge in [-0.05, 0) is 31.2 Å². The van der Waals surface area contributed by atoms with Crippen molar-refractivity contribution in [2.75, 3.05) is 13.2 Å². The minimum absolute atomic E-state index is 0.137. The van der Waals surface area contributed by atoms with E-state index in [9.17, 15) is 29.1 Å². The van der Waals surface area contributed by atoms with Crippen LogP contribution >= 0.6 is 0 Å². The zero-order valence-corrected chi connectivity index (χ0v) is 21.1. The summed E-state index contributed by atoms with van der Waals surface area (Å²) in [6.07, 6.45) is -3.54. The van der Waals surface area contributed by atoms with Crippen LogP contribution < -0.4 is 11.2 Å². The highest BCUT2D eigenvalue weighted by atomic mass is 16.6. The SMILES string of the molecule is CC(=O)O[C@H]1[C@H](n2cc(C)c(=O)[nH]c2=O)OC(COC(=O)c2ccccc2)(COC(=O)c2ccccc2)[C@@H]1O. The van der Waals surface area contributed by atoms with Crippen LogP contribution in [0.5, 0.6) is 0 Å². The average molecular weight is 539 g/mol. The standard InChI is InChI=1S/C27H26N2O10/c1-16-13-29(26(35)28-22(16)32)23-20(38-17(2)30)21(31)27(39-23,14-36-24(33)18-9-5-3-6-10-18)15-37-25(34)19-11-7-4-8-12-19/h3-13,20-21,23,31H,14-15H2,1-2H3,(H,28,32,35)/t20-,21-,23-/m1/s1. The fourth-order valence-corrected chi connectivity index (χ4v) is 4.11. The van der Waals surface area contributed by atoms with Gasteiger partial charge in [0.25, 0.3) is 5.56 Å². The maximum absolute atomic E-state index is 12.7. The van der Waals surface area contributed by atoms with Crippen LogP contribution in [0.15, 0.2) is 76.4 Å². The first-order valence-corrected chi connectivity index (χ1v) is 11.9. The number of rotatable bonds is 8. The predicted molar refractivity (Wildman–Crippen MR) is 134 cm³/mol. The third-order valence-electron chi connectivity index (χ3n) is 6.12. The van der Waals surface area contributed by atoms with Gasteiger partial charge in [-0.15, -0.1) is 0 Å². The van der Waals surface area contributed by atoms with E-state index in [2.05, 4.69) is 4.98 Å². The number of aliphatic hydroxyl groups is 1. The summed E-state index contributed by atoms with van der Waals surface area (Å²) in [5.41, 5.74) is -2.96. The fraction of sp³-hybridized carbons (Fsp3) is 0.296. The van der Waals surface area contributed by atoms with E-state index in [-0.39, 0.29) is 16.7 Å². The Labute approximate surface area is 221 Å². The second-order valence-corrected chi connectivity index (χ2v) is 8.96. The summed E-state index contributed by atoms with van der Waals surface area (Å²) in [4.78, 5) is 64.1. The Kier molecular flexibility index (Phi) is 8.07. The lowest BCUT2D eigenvalue weighted by Crippen LogP contribution is -2.52. The third-order valence-corrected chi connectivity index (χ3v) is 6.12. The lowest BCUT2D eigenvalue weighted by atomic mass is 9.96. The van der Waals surface area contributed by atoms with Crippen molar-refractivity contribution in [3.63, 3.8) is 0 Å². The molecule has 3 atom stereocenters. The molecule has 39 heavy (non-hydrogen) atoms. The second kappa shape index (κ2) is 11.5. The smallest absolute Gasteiger partial charge is 0.338 e. The minimum atomic E-state index is -1.97. The monoisotopic (exact) mass is 538 g/mol. The number of nitrogens with zero attached hydrogens (tertiary/aromatic N) is 1. The normalized spacial score (nSPS) is 19.7. The number of carbonyl (C=O) groups is 3. The maximum atomic E-state index is 12.7. The lowest BCUT2D eigenvalue weighted by Gasteiger charge is -2.31. The summed E-state index contributed by atoms with van der Waals surface area (Å²) in [7, 11) is 0. The molecule has 0 radical (unpaired) electrons. The molecule has 204 valence electrons. The number of aliphatic hydroxyl groups excluding tert-OH is 1. The van der Waals surface area contributed by atoms with Crippen LogP contribution in [-0.4, -0.2) is 63.6 Å². The zero-order valence-electron chi connectivity index (χ0n) is 21.1. The van der Waals surface area contributed by atoms with Crippen LogP contribution in [0.4, 0.5) is 0 Å². The summed E-state index contributed by atoms with van der Waals surface area (Å²) in [6.45, 7) is 1.25. The molecule has 1 aliphatic rings. The van der Waals surface area contributed by atoms with Crippen molar-refractivity contribution < 1.29 is 38.4 Å². The number of aromatic amines is 1. The van der Waals surface area contributed by atoms with Gasteiger partial charge in [0.1, 0.15) is 19.3 Å². The minimum Gasteiger partial charge on any atom is -0.459 e. The molecule has 2 aromatic carbocycles. The first kappa shape index (κ1) is 27.5. The second-order valence-electron chi connectivity index (χ2n) is 8.96. The highest BCUT2D eigenvalue weighted by molar-refractivity contribution is 5.90. The first-order chi connectivity index (χ1) is 18.6. The molecule has 4 rings (SSSR count). The Morgan fingerprint density at radius 3 is 1.95 bits per heavy atom. The molecule has 0 unspecified atom stereocenters. The fourth-order valence-electron chi connectivity index (χ4n) is 4.11. The maximum Gasteiger partial charge on any atom is 0.338 e. The van der Waals surface area contributed by atoms with E-state index in [0.717, 1.165) is 11.5 Å². The summed E-state index contributed by atoms with van der Waals surface area (Å²) in [5, 5.41) is 11.4. The molecule has 2 N–H and O–H groups in total. The van der Waals surface area contributed by atoms with Crippen LogP contribution in [0, 0.1) is 6.92 Å².